The van der Waals surface area contributed by atoms with Crippen LogP contribution in [-0.2, 0) is 42.3 Å². The molecular formula is C21H27N5O3S. The fraction of sp³-hybridized carbons (Fsp3) is 0.524. The molecule has 30 heavy (non-hydrogen) atoms. The third kappa shape index (κ3) is 3.50. The Balaban J connectivity index is 1.38. The number of hydrogen-bond donors (Lipinski definition) is 3. The molecule has 1 fully saturated rings. The number of nitrogens with zero attached hydrogens (tertiary/aromatic N) is 2. The van der Waals surface area contributed by atoms with E-state index in [1.165, 1.54) is 11.1 Å². The van der Waals surface area contributed by atoms with Crippen LogP contribution in [0.4, 0.5) is 10.5 Å². The van der Waals surface area contributed by atoms with E-state index in [0.29, 0.717) is 6.54 Å². The highest BCUT2D eigenvalue weighted by Crippen LogP contribution is 2.39. The molecule has 0 atom stereocenters. The quantitative estimate of drug-likeness (QED) is 0.654. The van der Waals surface area contributed by atoms with E-state index >= 15 is 0 Å². The molecule has 0 spiro atoms. The zero-order valence-electron chi connectivity index (χ0n) is 17.1. The standard InChI is InChI=1S/C21H27N5O3S/c1-22-12-16-11-19(24-26(16)15-8-9-15)30(28,29)25-21(27)23-20-17-6-2-4-13(17)10-14-5-3-7-18(14)20/h10-11,15,22H,2-9,12H2,1H3,(H2,23,25,27). The van der Waals surface area contributed by atoms with Crippen LogP contribution in [0.2, 0.25) is 0 Å². The molecule has 1 saturated carbocycles. The Hall–Kier alpha value is -2.39. The molecule has 3 N–H and O–H groups in total. The second-order valence-electron chi connectivity index (χ2n) is 8.47. The van der Waals surface area contributed by atoms with Crippen molar-refractivity contribution in [2.24, 2.45) is 0 Å². The van der Waals surface area contributed by atoms with Crippen LogP contribution in [-0.4, -0.2) is 31.3 Å². The first-order valence-electron chi connectivity index (χ1n) is 10.7. The summed E-state index contributed by atoms with van der Waals surface area (Å²) in [4.78, 5) is 12.7. The van der Waals surface area contributed by atoms with Crippen molar-refractivity contribution in [1.82, 2.24) is 19.8 Å². The van der Waals surface area contributed by atoms with Gasteiger partial charge in [-0.2, -0.15) is 13.5 Å². The van der Waals surface area contributed by atoms with E-state index in [1.807, 2.05) is 0 Å². The number of sulfonamides is 1. The number of benzene rings is 1. The Bertz CT molecular complexity index is 1090. The van der Waals surface area contributed by atoms with Crippen LogP contribution in [0.1, 0.15) is 59.7 Å². The van der Waals surface area contributed by atoms with Gasteiger partial charge >= 0.3 is 6.03 Å². The SMILES string of the molecule is CNCc1cc(S(=O)(=O)NC(=O)Nc2c3c(cc4c2CCC4)CCC3)nn1C1CC1. The van der Waals surface area contributed by atoms with Gasteiger partial charge in [0.25, 0.3) is 10.0 Å². The van der Waals surface area contributed by atoms with Crippen LogP contribution >= 0.6 is 0 Å². The molecule has 0 bridgehead atoms. The Morgan fingerprint density at radius 2 is 1.77 bits per heavy atom. The van der Waals surface area contributed by atoms with Crippen molar-refractivity contribution in [1.29, 1.82) is 0 Å². The van der Waals surface area contributed by atoms with Crippen LogP contribution < -0.4 is 15.4 Å². The minimum Gasteiger partial charge on any atom is -0.314 e. The Kier molecular flexibility index (Phi) is 4.82. The van der Waals surface area contributed by atoms with Gasteiger partial charge in [-0.25, -0.2) is 9.52 Å². The fourth-order valence-electron chi connectivity index (χ4n) is 4.77. The Labute approximate surface area is 176 Å². The van der Waals surface area contributed by atoms with Crippen molar-refractivity contribution in [3.63, 3.8) is 0 Å². The highest BCUT2D eigenvalue weighted by molar-refractivity contribution is 7.90. The molecule has 1 aromatic carbocycles. The van der Waals surface area contributed by atoms with E-state index in [-0.39, 0.29) is 11.1 Å². The van der Waals surface area contributed by atoms with Crippen LogP contribution in [0.5, 0.6) is 0 Å². The second kappa shape index (κ2) is 7.39. The molecular weight excluding hydrogens is 402 g/mol. The summed E-state index contributed by atoms with van der Waals surface area (Å²) in [6, 6.07) is 3.35. The molecule has 0 radical (unpaired) electrons. The molecule has 3 aliphatic carbocycles. The van der Waals surface area contributed by atoms with Gasteiger partial charge in [-0.15, -0.1) is 0 Å². The number of rotatable bonds is 6. The number of amides is 2. The molecule has 1 heterocycles. The number of carbonyl (C=O) groups is 1. The molecule has 0 unspecified atom stereocenters. The first-order valence-corrected chi connectivity index (χ1v) is 12.2. The molecule has 0 saturated heterocycles. The molecule has 3 aliphatic rings. The van der Waals surface area contributed by atoms with Gasteiger partial charge in [0.15, 0.2) is 5.03 Å². The lowest BCUT2D eigenvalue weighted by atomic mass is 9.99. The van der Waals surface area contributed by atoms with Crippen molar-refractivity contribution < 1.29 is 13.2 Å². The summed E-state index contributed by atoms with van der Waals surface area (Å²) >= 11 is 0. The third-order valence-corrected chi connectivity index (χ3v) is 7.46. The van der Waals surface area contributed by atoms with Crippen molar-refractivity contribution in [2.75, 3.05) is 12.4 Å². The summed E-state index contributed by atoms with van der Waals surface area (Å²) in [5.41, 5.74) is 6.53. The smallest absolute Gasteiger partial charge is 0.314 e. The lowest BCUT2D eigenvalue weighted by Gasteiger charge is -2.16. The maximum Gasteiger partial charge on any atom is 0.333 e. The molecule has 1 aromatic heterocycles. The minimum atomic E-state index is -4.06. The Morgan fingerprint density at radius 3 is 2.37 bits per heavy atom. The van der Waals surface area contributed by atoms with Gasteiger partial charge in [0.05, 0.1) is 11.7 Å². The van der Waals surface area contributed by atoms with E-state index < -0.39 is 16.1 Å². The summed E-state index contributed by atoms with van der Waals surface area (Å²) in [6.07, 6.45) is 8.01. The average Bonchev–Trinajstić information content (AvgIpc) is 3.08. The lowest BCUT2D eigenvalue weighted by Crippen LogP contribution is -2.35. The van der Waals surface area contributed by atoms with E-state index in [9.17, 15) is 13.2 Å². The monoisotopic (exact) mass is 429 g/mol. The van der Waals surface area contributed by atoms with Gasteiger partial charge in [-0.05, 0) is 80.7 Å². The number of aryl methyl sites for hydroxylation is 2. The number of fused-ring (bicyclic) bond motifs is 2. The van der Waals surface area contributed by atoms with Crippen LogP contribution in [0.15, 0.2) is 17.2 Å². The molecule has 9 heteroatoms. The predicted molar refractivity (Wildman–Crippen MR) is 113 cm³/mol. The minimum absolute atomic E-state index is 0.113. The van der Waals surface area contributed by atoms with Crippen molar-refractivity contribution >= 4 is 21.7 Å². The molecule has 5 rings (SSSR count). The van der Waals surface area contributed by atoms with Crippen LogP contribution in [0, 0.1) is 0 Å². The molecule has 160 valence electrons. The maximum atomic E-state index is 12.8. The highest BCUT2D eigenvalue weighted by atomic mass is 32.2. The number of aromatic nitrogens is 2. The van der Waals surface area contributed by atoms with Gasteiger partial charge in [0.1, 0.15) is 0 Å². The van der Waals surface area contributed by atoms with Crippen LogP contribution in [0.3, 0.4) is 0 Å². The van der Waals surface area contributed by atoms with Gasteiger partial charge in [0.2, 0.25) is 0 Å². The van der Waals surface area contributed by atoms with E-state index in [0.717, 1.165) is 73.9 Å². The number of urea groups is 1. The first kappa shape index (κ1) is 19.6. The summed E-state index contributed by atoms with van der Waals surface area (Å²) in [7, 11) is -2.25. The second-order valence-corrected chi connectivity index (χ2v) is 10.1. The number of hydrogen-bond acceptors (Lipinski definition) is 5. The van der Waals surface area contributed by atoms with Gasteiger partial charge in [0, 0.05) is 18.3 Å². The average molecular weight is 430 g/mol. The summed E-state index contributed by atoms with van der Waals surface area (Å²) in [5.74, 6) is 0. The normalized spacial score (nSPS) is 17.6. The predicted octanol–water partition coefficient (Wildman–Crippen LogP) is 2.43. The van der Waals surface area contributed by atoms with Gasteiger partial charge < -0.3 is 10.6 Å². The number of carbonyl (C=O) groups excluding carboxylic acids is 1. The van der Waals surface area contributed by atoms with Crippen molar-refractivity contribution in [3.8, 4) is 0 Å². The highest BCUT2D eigenvalue weighted by Gasteiger charge is 2.31. The largest absolute Gasteiger partial charge is 0.333 e. The third-order valence-electron chi connectivity index (χ3n) is 6.26. The molecule has 2 amide bonds. The van der Waals surface area contributed by atoms with Gasteiger partial charge in [-0.1, -0.05) is 6.07 Å². The summed E-state index contributed by atoms with van der Waals surface area (Å²) in [5, 5.41) is 10.1. The van der Waals surface area contributed by atoms with Crippen molar-refractivity contribution in [2.45, 2.75) is 69.0 Å². The summed E-state index contributed by atoms with van der Waals surface area (Å²) < 4.78 is 29.6. The van der Waals surface area contributed by atoms with Crippen LogP contribution in [0.25, 0.3) is 0 Å². The van der Waals surface area contributed by atoms with E-state index in [1.54, 1.807) is 17.8 Å². The van der Waals surface area contributed by atoms with Crippen molar-refractivity contribution in [3.05, 3.63) is 40.1 Å². The fourth-order valence-corrected chi connectivity index (χ4v) is 5.65. The lowest BCUT2D eigenvalue weighted by molar-refractivity contribution is 0.256. The molecule has 8 nitrogen and oxygen atoms in total. The van der Waals surface area contributed by atoms with Gasteiger partial charge in [-0.3, -0.25) is 4.68 Å². The first-order chi connectivity index (χ1) is 14.5. The molecule has 0 aliphatic heterocycles. The van der Waals surface area contributed by atoms with E-state index in [2.05, 4.69) is 26.5 Å². The zero-order chi connectivity index (χ0) is 20.9. The number of anilines is 1. The Morgan fingerprint density at radius 1 is 1.10 bits per heavy atom. The van der Waals surface area contributed by atoms with E-state index in [4.69, 9.17) is 0 Å². The number of nitrogens with one attached hydrogen (secondary N) is 3. The molecule has 2 aromatic rings. The summed E-state index contributed by atoms with van der Waals surface area (Å²) in [6.45, 7) is 0.521. The maximum absolute atomic E-state index is 12.8. The topological polar surface area (TPSA) is 105 Å². The zero-order valence-corrected chi connectivity index (χ0v) is 17.9.